The predicted octanol–water partition coefficient (Wildman–Crippen LogP) is 0.355. The summed E-state index contributed by atoms with van der Waals surface area (Å²) >= 11 is 0. The Labute approximate surface area is 101 Å². The van der Waals surface area contributed by atoms with Crippen LogP contribution in [0.25, 0.3) is 0 Å². The summed E-state index contributed by atoms with van der Waals surface area (Å²) < 4.78 is 10.0. The Kier molecular flexibility index (Phi) is 5.61. The maximum atomic E-state index is 5.34. The van der Waals surface area contributed by atoms with Gasteiger partial charge in [-0.05, 0) is 6.92 Å². The minimum absolute atomic E-state index is 0.149. The number of aromatic nitrogens is 2. The molecule has 17 heavy (non-hydrogen) atoms. The van der Waals surface area contributed by atoms with Crippen molar-refractivity contribution in [3.05, 3.63) is 11.9 Å². The molecule has 0 bridgehead atoms. The Hall–Kier alpha value is -1.44. The Morgan fingerprint density at radius 1 is 1.29 bits per heavy atom. The Morgan fingerprint density at radius 3 is 2.59 bits per heavy atom. The number of anilines is 2. The Balaban J connectivity index is 2.79. The van der Waals surface area contributed by atoms with E-state index < -0.39 is 0 Å². The average Bonchev–Trinajstić information content (AvgIpc) is 2.29. The highest BCUT2D eigenvalue weighted by atomic mass is 16.5. The van der Waals surface area contributed by atoms with Gasteiger partial charge in [-0.2, -0.15) is 0 Å². The molecule has 0 saturated heterocycles. The van der Waals surface area contributed by atoms with Crippen LogP contribution in [0.5, 0.6) is 0 Å². The van der Waals surface area contributed by atoms with E-state index in [9.17, 15) is 0 Å². The fourth-order valence-electron chi connectivity index (χ4n) is 1.38. The number of nitrogens with zero attached hydrogens (tertiary/aromatic N) is 2. The highest BCUT2D eigenvalue weighted by molar-refractivity contribution is 5.47. The SMILES string of the molecule is COCc1nc(NN)cc(NC(C)COC)n1. The zero-order valence-corrected chi connectivity index (χ0v) is 10.4. The number of nitrogens with one attached hydrogen (secondary N) is 2. The third kappa shape index (κ3) is 4.51. The Morgan fingerprint density at radius 2 is 2.00 bits per heavy atom. The lowest BCUT2D eigenvalue weighted by atomic mass is 10.3. The molecule has 0 spiro atoms. The van der Waals surface area contributed by atoms with Crippen LogP contribution < -0.4 is 16.6 Å². The standard InChI is InChI=1S/C10H19N5O2/c1-7(5-16-2)12-8-4-9(15-11)14-10(13-8)6-17-3/h4,7H,5-6,11H2,1-3H3,(H2,12,13,14,15). The van der Waals surface area contributed by atoms with Crippen molar-refractivity contribution in [3.63, 3.8) is 0 Å². The van der Waals surface area contributed by atoms with Gasteiger partial charge in [0.1, 0.15) is 18.2 Å². The van der Waals surface area contributed by atoms with Crippen molar-refractivity contribution in [2.24, 2.45) is 5.84 Å². The molecule has 1 rings (SSSR count). The van der Waals surface area contributed by atoms with Crippen LogP contribution >= 0.6 is 0 Å². The smallest absolute Gasteiger partial charge is 0.158 e. The summed E-state index contributed by atoms with van der Waals surface area (Å²) in [7, 11) is 3.24. The van der Waals surface area contributed by atoms with Crippen molar-refractivity contribution < 1.29 is 9.47 Å². The monoisotopic (exact) mass is 241 g/mol. The van der Waals surface area contributed by atoms with Crippen molar-refractivity contribution in [3.8, 4) is 0 Å². The molecule has 1 aromatic heterocycles. The third-order valence-corrected chi connectivity index (χ3v) is 2.00. The van der Waals surface area contributed by atoms with Gasteiger partial charge in [-0.1, -0.05) is 0 Å². The summed E-state index contributed by atoms with van der Waals surface area (Å²) in [5.74, 6) is 7.13. The van der Waals surface area contributed by atoms with Crippen molar-refractivity contribution in [1.82, 2.24) is 9.97 Å². The van der Waals surface area contributed by atoms with Gasteiger partial charge in [0.2, 0.25) is 0 Å². The van der Waals surface area contributed by atoms with Crippen LogP contribution in [0.1, 0.15) is 12.7 Å². The number of nitrogen functional groups attached to an aromatic ring is 1. The van der Waals surface area contributed by atoms with E-state index in [1.165, 1.54) is 0 Å². The molecule has 0 radical (unpaired) electrons. The van der Waals surface area contributed by atoms with Crippen LogP contribution in [-0.2, 0) is 16.1 Å². The fraction of sp³-hybridized carbons (Fsp3) is 0.600. The van der Waals surface area contributed by atoms with E-state index in [0.29, 0.717) is 30.7 Å². The zero-order valence-electron chi connectivity index (χ0n) is 10.4. The fourth-order valence-corrected chi connectivity index (χ4v) is 1.38. The first-order chi connectivity index (χ1) is 8.19. The molecule has 7 nitrogen and oxygen atoms in total. The minimum Gasteiger partial charge on any atom is -0.383 e. The molecule has 1 unspecified atom stereocenters. The molecular formula is C10H19N5O2. The van der Waals surface area contributed by atoms with Crippen LogP contribution in [0.3, 0.4) is 0 Å². The highest BCUT2D eigenvalue weighted by Gasteiger charge is 2.06. The van der Waals surface area contributed by atoms with Crippen molar-refractivity contribution in [2.75, 3.05) is 31.6 Å². The summed E-state index contributed by atoms with van der Waals surface area (Å²) in [5, 5.41) is 3.19. The molecule has 1 aromatic rings. The second-order valence-electron chi connectivity index (χ2n) is 3.63. The van der Waals surface area contributed by atoms with Gasteiger partial charge in [0.05, 0.1) is 6.61 Å². The molecule has 1 heterocycles. The topological polar surface area (TPSA) is 94.3 Å². The number of hydrazine groups is 1. The summed E-state index contributed by atoms with van der Waals surface area (Å²) in [4.78, 5) is 8.45. The zero-order chi connectivity index (χ0) is 12.7. The van der Waals surface area contributed by atoms with Crippen molar-refractivity contribution >= 4 is 11.6 Å². The molecule has 96 valence electrons. The van der Waals surface area contributed by atoms with Gasteiger partial charge in [0, 0.05) is 26.3 Å². The largest absolute Gasteiger partial charge is 0.383 e. The van der Waals surface area contributed by atoms with Gasteiger partial charge in [-0.15, -0.1) is 0 Å². The minimum atomic E-state index is 0.149. The van der Waals surface area contributed by atoms with Crippen LogP contribution in [0.4, 0.5) is 11.6 Å². The summed E-state index contributed by atoms with van der Waals surface area (Å²) in [5.41, 5.74) is 2.49. The van der Waals surface area contributed by atoms with E-state index in [0.717, 1.165) is 0 Å². The van der Waals surface area contributed by atoms with Gasteiger partial charge >= 0.3 is 0 Å². The predicted molar refractivity (Wildman–Crippen MR) is 65.5 cm³/mol. The molecule has 1 atom stereocenters. The summed E-state index contributed by atoms with van der Waals surface area (Å²) in [6, 6.07) is 1.88. The summed E-state index contributed by atoms with van der Waals surface area (Å²) in [6.45, 7) is 2.93. The van der Waals surface area contributed by atoms with Crippen molar-refractivity contribution in [2.45, 2.75) is 19.6 Å². The first-order valence-electron chi connectivity index (χ1n) is 5.28. The van der Waals surface area contributed by atoms with Crippen molar-refractivity contribution in [1.29, 1.82) is 0 Å². The second kappa shape index (κ2) is 7.00. The molecular weight excluding hydrogens is 222 g/mol. The van der Waals surface area contributed by atoms with Crippen LogP contribution in [0.15, 0.2) is 6.07 Å². The van der Waals surface area contributed by atoms with Crippen LogP contribution in [-0.4, -0.2) is 36.8 Å². The molecule has 4 N–H and O–H groups in total. The van der Waals surface area contributed by atoms with E-state index in [-0.39, 0.29) is 6.04 Å². The molecule has 0 saturated carbocycles. The molecule has 0 aliphatic rings. The molecule has 0 amide bonds. The maximum Gasteiger partial charge on any atom is 0.158 e. The number of nitrogens with two attached hydrogens (primary N) is 1. The van der Waals surface area contributed by atoms with Gasteiger partial charge in [0.15, 0.2) is 5.82 Å². The van der Waals surface area contributed by atoms with E-state index >= 15 is 0 Å². The third-order valence-electron chi connectivity index (χ3n) is 2.00. The highest BCUT2D eigenvalue weighted by Crippen LogP contribution is 2.12. The van der Waals surface area contributed by atoms with E-state index in [2.05, 4.69) is 20.7 Å². The summed E-state index contributed by atoms with van der Waals surface area (Å²) in [6.07, 6.45) is 0. The van der Waals surface area contributed by atoms with Crippen LogP contribution in [0, 0.1) is 0 Å². The lowest BCUT2D eigenvalue weighted by Gasteiger charge is -2.14. The number of methoxy groups -OCH3 is 2. The first-order valence-corrected chi connectivity index (χ1v) is 5.28. The first kappa shape index (κ1) is 13.6. The lowest BCUT2D eigenvalue weighted by Crippen LogP contribution is -2.22. The van der Waals surface area contributed by atoms with Gasteiger partial charge in [-0.25, -0.2) is 15.8 Å². The van der Waals surface area contributed by atoms with Crippen LogP contribution in [0.2, 0.25) is 0 Å². The number of ether oxygens (including phenoxy) is 2. The number of hydrogen-bond donors (Lipinski definition) is 3. The number of rotatable bonds is 7. The molecule has 0 aromatic carbocycles. The second-order valence-corrected chi connectivity index (χ2v) is 3.63. The van der Waals surface area contributed by atoms with Gasteiger partial charge in [-0.3, -0.25) is 0 Å². The molecule has 7 heteroatoms. The molecule has 0 aliphatic carbocycles. The number of hydrogen-bond acceptors (Lipinski definition) is 7. The molecule has 0 aliphatic heterocycles. The lowest BCUT2D eigenvalue weighted by molar-refractivity contribution is 0.178. The van der Waals surface area contributed by atoms with E-state index in [4.69, 9.17) is 15.3 Å². The molecule has 0 fully saturated rings. The van der Waals surface area contributed by atoms with E-state index in [1.807, 2.05) is 6.92 Å². The quantitative estimate of drug-likeness (QED) is 0.468. The van der Waals surface area contributed by atoms with Gasteiger partial charge in [0.25, 0.3) is 0 Å². The van der Waals surface area contributed by atoms with E-state index in [1.54, 1.807) is 20.3 Å². The van der Waals surface area contributed by atoms with Gasteiger partial charge < -0.3 is 20.2 Å². The maximum absolute atomic E-state index is 5.34. The average molecular weight is 241 g/mol. The normalized spacial score (nSPS) is 12.2. The Bertz CT molecular complexity index is 347.